The van der Waals surface area contributed by atoms with Gasteiger partial charge in [0, 0.05) is 12.7 Å². The molecular weight excluding hydrogens is 354 g/mol. The Morgan fingerprint density at radius 2 is 1.93 bits per heavy atom. The van der Waals surface area contributed by atoms with Crippen molar-refractivity contribution in [2.45, 2.75) is 0 Å². The molecule has 4 rings (SSSR count). The standard InChI is InChI=1S/C20H17N7O/c1-2-10-23-20(28)16-17-19(26-15-9-4-3-8-14(15)25-17)27(18(16)21)24-12-13-7-5-6-11-22-13/h2-9,11-12H,1,10,21H2,(H,23,28)/b24-12+. The molecule has 0 aliphatic heterocycles. The van der Waals surface area contributed by atoms with Gasteiger partial charge in [0.25, 0.3) is 5.91 Å². The lowest BCUT2D eigenvalue weighted by atomic mass is 10.2. The van der Waals surface area contributed by atoms with E-state index in [1.165, 1.54) is 4.68 Å². The van der Waals surface area contributed by atoms with Gasteiger partial charge in [0.2, 0.25) is 0 Å². The molecule has 0 bridgehead atoms. The maximum Gasteiger partial charge on any atom is 0.257 e. The van der Waals surface area contributed by atoms with Crippen molar-refractivity contribution >= 4 is 40.1 Å². The van der Waals surface area contributed by atoms with Crippen LogP contribution in [0.5, 0.6) is 0 Å². The van der Waals surface area contributed by atoms with Gasteiger partial charge in [-0.25, -0.2) is 9.97 Å². The summed E-state index contributed by atoms with van der Waals surface area (Å²) in [6.45, 7) is 3.92. The number of nitrogens with one attached hydrogen (secondary N) is 1. The number of carbonyl (C=O) groups is 1. The van der Waals surface area contributed by atoms with E-state index in [4.69, 9.17) is 5.73 Å². The fourth-order valence-corrected chi connectivity index (χ4v) is 2.81. The minimum Gasteiger partial charge on any atom is -0.383 e. The minimum atomic E-state index is -0.362. The van der Waals surface area contributed by atoms with Gasteiger partial charge in [-0.2, -0.15) is 9.78 Å². The number of hydrogen-bond acceptors (Lipinski definition) is 6. The third kappa shape index (κ3) is 3.07. The van der Waals surface area contributed by atoms with Crippen LogP contribution in [0.2, 0.25) is 0 Å². The summed E-state index contributed by atoms with van der Waals surface area (Å²) in [5, 5.41) is 7.13. The van der Waals surface area contributed by atoms with Crippen LogP contribution >= 0.6 is 0 Å². The van der Waals surface area contributed by atoms with Crippen LogP contribution in [0.15, 0.2) is 66.4 Å². The molecule has 3 aromatic heterocycles. The van der Waals surface area contributed by atoms with Crippen molar-refractivity contribution in [3.63, 3.8) is 0 Å². The van der Waals surface area contributed by atoms with Crippen molar-refractivity contribution in [3.05, 3.63) is 72.6 Å². The third-order valence-corrected chi connectivity index (χ3v) is 4.10. The van der Waals surface area contributed by atoms with Crippen molar-refractivity contribution in [1.82, 2.24) is 24.9 Å². The van der Waals surface area contributed by atoms with Gasteiger partial charge in [0.15, 0.2) is 5.65 Å². The highest BCUT2D eigenvalue weighted by Gasteiger charge is 2.23. The normalized spacial score (nSPS) is 11.3. The first-order chi connectivity index (χ1) is 13.7. The summed E-state index contributed by atoms with van der Waals surface area (Å²) < 4.78 is 1.41. The second-order valence-corrected chi connectivity index (χ2v) is 5.95. The van der Waals surface area contributed by atoms with E-state index >= 15 is 0 Å². The molecule has 0 saturated heterocycles. The van der Waals surface area contributed by atoms with E-state index in [2.05, 4.69) is 31.9 Å². The molecule has 0 unspecified atom stereocenters. The highest BCUT2D eigenvalue weighted by Crippen LogP contribution is 2.27. The molecule has 8 heteroatoms. The summed E-state index contributed by atoms with van der Waals surface area (Å²) in [7, 11) is 0. The molecule has 0 spiro atoms. The smallest absolute Gasteiger partial charge is 0.257 e. The van der Waals surface area contributed by atoms with Crippen molar-refractivity contribution in [2.75, 3.05) is 12.3 Å². The van der Waals surface area contributed by atoms with Gasteiger partial charge in [-0.15, -0.1) is 6.58 Å². The first kappa shape index (κ1) is 17.3. The van der Waals surface area contributed by atoms with E-state index in [1.807, 2.05) is 42.5 Å². The summed E-state index contributed by atoms with van der Waals surface area (Å²) >= 11 is 0. The summed E-state index contributed by atoms with van der Waals surface area (Å²) in [4.78, 5) is 26.1. The molecule has 0 radical (unpaired) electrons. The van der Waals surface area contributed by atoms with Crippen molar-refractivity contribution in [3.8, 4) is 0 Å². The number of nitrogens with two attached hydrogens (primary N) is 1. The molecule has 4 aromatic rings. The first-order valence-electron chi connectivity index (χ1n) is 8.60. The molecule has 28 heavy (non-hydrogen) atoms. The molecule has 1 amide bonds. The Kier molecular flexibility index (Phi) is 4.51. The number of nitrogen functional groups attached to an aromatic ring is 1. The zero-order chi connectivity index (χ0) is 19.5. The number of aromatic nitrogens is 4. The number of pyridine rings is 1. The lowest BCUT2D eigenvalue weighted by Gasteiger charge is -2.02. The number of nitrogens with zero attached hydrogens (tertiary/aromatic N) is 5. The molecular formula is C20H17N7O. The van der Waals surface area contributed by atoms with Gasteiger partial charge in [-0.3, -0.25) is 9.78 Å². The maximum absolute atomic E-state index is 12.7. The van der Waals surface area contributed by atoms with E-state index in [9.17, 15) is 4.79 Å². The summed E-state index contributed by atoms with van der Waals surface area (Å²) in [5.41, 5.74) is 9.28. The van der Waals surface area contributed by atoms with Gasteiger partial charge in [-0.05, 0) is 24.3 Å². The Bertz CT molecular complexity index is 1210. The van der Waals surface area contributed by atoms with E-state index < -0.39 is 0 Å². The molecule has 138 valence electrons. The SMILES string of the molecule is C=CCNC(=O)c1c(N)n(/N=C/c2ccccn2)c2nc3ccccc3nc12. The molecule has 0 saturated carbocycles. The molecule has 8 nitrogen and oxygen atoms in total. The van der Waals surface area contributed by atoms with Crippen LogP contribution in [0.1, 0.15) is 16.1 Å². The lowest BCUT2D eigenvalue weighted by molar-refractivity contribution is 0.0960. The predicted octanol–water partition coefficient (Wildman–Crippen LogP) is 2.36. The van der Waals surface area contributed by atoms with Crippen LogP contribution < -0.4 is 11.1 Å². The molecule has 0 atom stereocenters. The van der Waals surface area contributed by atoms with Crippen LogP contribution in [-0.2, 0) is 0 Å². The Hall–Kier alpha value is -4.07. The highest BCUT2D eigenvalue weighted by atomic mass is 16.1. The van der Waals surface area contributed by atoms with Gasteiger partial charge in [0.05, 0.1) is 22.9 Å². The number of para-hydroxylation sites is 2. The zero-order valence-electron chi connectivity index (χ0n) is 14.9. The monoisotopic (exact) mass is 371 g/mol. The molecule has 1 aromatic carbocycles. The summed E-state index contributed by atoms with van der Waals surface area (Å²) in [6.07, 6.45) is 4.81. The second kappa shape index (κ2) is 7.28. The van der Waals surface area contributed by atoms with E-state index in [-0.39, 0.29) is 17.3 Å². The average Bonchev–Trinajstić information content (AvgIpc) is 3.00. The van der Waals surface area contributed by atoms with E-state index in [0.29, 0.717) is 34.4 Å². The van der Waals surface area contributed by atoms with Crippen molar-refractivity contribution in [2.24, 2.45) is 5.10 Å². The average molecular weight is 371 g/mol. The number of amides is 1. The Morgan fingerprint density at radius 1 is 1.18 bits per heavy atom. The van der Waals surface area contributed by atoms with Crippen LogP contribution in [0.4, 0.5) is 5.82 Å². The topological polar surface area (TPSA) is 111 Å². The lowest BCUT2D eigenvalue weighted by Crippen LogP contribution is -2.24. The number of rotatable bonds is 5. The molecule has 0 aliphatic rings. The van der Waals surface area contributed by atoms with Crippen LogP contribution in [0, 0.1) is 0 Å². The number of fused-ring (bicyclic) bond motifs is 2. The largest absolute Gasteiger partial charge is 0.383 e. The van der Waals surface area contributed by atoms with E-state index in [0.717, 1.165) is 0 Å². The number of hydrogen-bond donors (Lipinski definition) is 2. The molecule has 0 fully saturated rings. The maximum atomic E-state index is 12.7. The first-order valence-corrected chi connectivity index (χ1v) is 8.60. The second-order valence-electron chi connectivity index (χ2n) is 5.95. The van der Waals surface area contributed by atoms with Crippen molar-refractivity contribution < 1.29 is 4.79 Å². The Balaban J connectivity index is 1.93. The van der Waals surface area contributed by atoms with E-state index in [1.54, 1.807) is 18.5 Å². The molecule has 3 N–H and O–H groups in total. The predicted molar refractivity (Wildman–Crippen MR) is 109 cm³/mol. The fourth-order valence-electron chi connectivity index (χ4n) is 2.81. The van der Waals surface area contributed by atoms with Gasteiger partial charge in [-0.1, -0.05) is 24.3 Å². The van der Waals surface area contributed by atoms with Crippen molar-refractivity contribution in [1.29, 1.82) is 0 Å². The Morgan fingerprint density at radius 3 is 2.64 bits per heavy atom. The van der Waals surface area contributed by atoms with Gasteiger partial charge >= 0.3 is 0 Å². The number of anilines is 1. The highest BCUT2D eigenvalue weighted by molar-refractivity contribution is 6.10. The third-order valence-electron chi connectivity index (χ3n) is 4.10. The quantitative estimate of drug-likeness (QED) is 0.413. The molecule has 3 heterocycles. The summed E-state index contributed by atoms with van der Waals surface area (Å²) in [6, 6.07) is 12.9. The van der Waals surface area contributed by atoms with Crippen LogP contribution in [-0.4, -0.2) is 38.3 Å². The zero-order valence-corrected chi connectivity index (χ0v) is 14.9. The van der Waals surface area contributed by atoms with Gasteiger partial charge < -0.3 is 11.1 Å². The summed E-state index contributed by atoms with van der Waals surface area (Å²) in [5.74, 6) is -0.210. The van der Waals surface area contributed by atoms with Crippen LogP contribution in [0.3, 0.4) is 0 Å². The fraction of sp³-hybridized carbons (Fsp3) is 0.0500. The van der Waals surface area contributed by atoms with Gasteiger partial charge in [0.1, 0.15) is 16.9 Å². The minimum absolute atomic E-state index is 0.152. The number of benzene rings is 1. The molecule has 0 aliphatic carbocycles. The van der Waals surface area contributed by atoms with Crippen LogP contribution in [0.25, 0.3) is 22.2 Å². The Labute approximate surface area is 160 Å². The number of carbonyl (C=O) groups excluding carboxylic acids is 1.